The number of pyridine rings is 1. The van der Waals surface area contributed by atoms with E-state index in [0.717, 1.165) is 42.5 Å². The number of benzene rings is 1. The summed E-state index contributed by atoms with van der Waals surface area (Å²) in [5, 5.41) is 6.84. The molecule has 148 valence electrons. The molecule has 0 aliphatic carbocycles. The molecule has 0 spiro atoms. The average molecular weight is 420 g/mol. The SMILES string of the molecule is Cl.Cn1ccc2c(Nc3cccc(Cl)c3)ncc(C(=O)NN3CCCCC3)c21. The molecular formula is C20H23Cl2N5O. The molecule has 3 aromatic rings. The van der Waals surface area contributed by atoms with Crippen molar-refractivity contribution in [2.45, 2.75) is 19.3 Å². The second-order valence-electron chi connectivity index (χ2n) is 6.83. The molecule has 3 heterocycles. The first-order valence-electron chi connectivity index (χ1n) is 9.14. The fourth-order valence-corrected chi connectivity index (χ4v) is 3.68. The highest BCUT2D eigenvalue weighted by Crippen LogP contribution is 2.28. The lowest BCUT2D eigenvalue weighted by molar-refractivity contribution is 0.0751. The molecule has 1 aliphatic heterocycles. The maximum absolute atomic E-state index is 12.8. The molecule has 1 fully saturated rings. The molecule has 1 aromatic carbocycles. The summed E-state index contributed by atoms with van der Waals surface area (Å²) in [4.78, 5) is 17.4. The number of aryl methyl sites for hydroxylation is 1. The van der Waals surface area contributed by atoms with Crippen molar-refractivity contribution < 1.29 is 4.79 Å². The molecule has 8 heteroatoms. The van der Waals surface area contributed by atoms with Crippen molar-refractivity contribution in [3.8, 4) is 0 Å². The molecule has 0 atom stereocenters. The lowest BCUT2D eigenvalue weighted by Crippen LogP contribution is -2.45. The van der Waals surface area contributed by atoms with Crippen molar-refractivity contribution in [3.63, 3.8) is 0 Å². The molecule has 28 heavy (non-hydrogen) atoms. The second-order valence-corrected chi connectivity index (χ2v) is 7.27. The predicted molar refractivity (Wildman–Crippen MR) is 116 cm³/mol. The number of piperidine rings is 1. The first kappa shape index (κ1) is 20.5. The Kier molecular flexibility index (Phi) is 6.44. The minimum absolute atomic E-state index is 0. The van der Waals surface area contributed by atoms with Gasteiger partial charge >= 0.3 is 0 Å². The van der Waals surface area contributed by atoms with Gasteiger partial charge in [0.05, 0.1) is 11.1 Å². The van der Waals surface area contributed by atoms with E-state index in [9.17, 15) is 4.79 Å². The van der Waals surface area contributed by atoms with Crippen molar-refractivity contribution in [2.75, 3.05) is 18.4 Å². The van der Waals surface area contributed by atoms with Crippen molar-refractivity contribution in [2.24, 2.45) is 7.05 Å². The van der Waals surface area contributed by atoms with Crippen LogP contribution in [0.25, 0.3) is 10.9 Å². The number of hydrogen-bond acceptors (Lipinski definition) is 4. The summed E-state index contributed by atoms with van der Waals surface area (Å²) >= 11 is 6.07. The number of nitrogens with zero attached hydrogens (tertiary/aromatic N) is 3. The van der Waals surface area contributed by atoms with Gasteiger partial charge in [0.25, 0.3) is 5.91 Å². The van der Waals surface area contributed by atoms with Crippen LogP contribution < -0.4 is 10.7 Å². The maximum Gasteiger partial charge on any atom is 0.269 e. The average Bonchev–Trinajstić information content (AvgIpc) is 3.05. The fourth-order valence-electron chi connectivity index (χ4n) is 3.49. The molecule has 0 radical (unpaired) electrons. The van der Waals surface area contributed by atoms with Crippen molar-refractivity contribution in [1.29, 1.82) is 0 Å². The highest BCUT2D eigenvalue weighted by Gasteiger charge is 2.19. The van der Waals surface area contributed by atoms with E-state index in [1.54, 1.807) is 6.20 Å². The highest BCUT2D eigenvalue weighted by molar-refractivity contribution is 6.30. The Morgan fingerprint density at radius 2 is 1.96 bits per heavy atom. The topological polar surface area (TPSA) is 62.2 Å². The number of fused-ring (bicyclic) bond motifs is 1. The molecule has 1 saturated heterocycles. The number of amides is 1. The predicted octanol–water partition coefficient (Wildman–Crippen LogP) is 4.52. The van der Waals surface area contributed by atoms with E-state index in [2.05, 4.69) is 15.7 Å². The van der Waals surface area contributed by atoms with Crippen LogP contribution in [0.5, 0.6) is 0 Å². The normalized spacial score (nSPS) is 14.5. The molecule has 4 rings (SSSR count). The Labute approximate surface area is 175 Å². The van der Waals surface area contributed by atoms with Crippen molar-refractivity contribution in [1.82, 2.24) is 20.0 Å². The number of hydrazine groups is 1. The Morgan fingerprint density at radius 3 is 2.71 bits per heavy atom. The van der Waals surface area contributed by atoms with Gasteiger partial charge in [-0.15, -0.1) is 12.4 Å². The Balaban J connectivity index is 0.00000225. The Morgan fingerprint density at radius 1 is 1.18 bits per heavy atom. The van der Waals surface area contributed by atoms with Gasteiger partial charge in [-0.1, -0.05) is 24.1 Å². The second kappa shape index (κ2) is 8.82. The maximum atomic E-state index is 12.8. The van der Waals surface area contributed by atoms with Crippen LogP contribution in [-0.4, -0.2) is 33.6 Å². The summed E-state index contributed by atoms with van der Waals surface area (Å²) in [6.45, 7) is 1.79. The van der Waals surface area contributed by atoms with Gasteiger partial charge in [0, 0.05) is 48.6 Å². The third kappa shape index (κ3) is 4.24. The minimum atomic E-state index is -0.120. The first-order valence-corrected chi connectivity index (χ1v) is 9.52. The Hall–Kier alpha value is -2.28. The highest BCUT2D eigenvalue weighted by atomic mass is 35.5. The zero-order valence-electron chi connectivity index (χ0n) is 15.6. The van der Waals surface area contributed by atoms with Gasteiger partial charge < -0.3 is 9.88 Å². The van der Waals surface area contributed by atoms with Gasteiger partial charge in [-0.2, -0.15) is 0 Å². The standard InChI is InChI=1S/C20H22ClN5O.ClH/c1-25-11-8-16-18(25)17(20(27)24-26-9-3-2-4-10-26)13-22-19(16)23-15-7-5-6-14(21)12-15;/h5-8,11-13H,2-4,9-10H2,1H3,(H,22,23)(H,24,27);1H. The molecule has 2 N–H and O–H groups in total. The van der Waals surface area contributed by atoms with Crippen LogP contribution in [0.1, 0.15) is 29.6 Å². The lowest BCUT2D eigenvalue weighted by atomic mass is 10.1. The zero-order valence-corrected chi connectivity index (χ0v) is 17.2. The van der Waals surface area contributed by atoms with E-state index in [-0.39, 0.29) is 18.3 Å². The largest absolute Gasteiger partial charge is 0.350 e. The monoisotopic (exact) mass is 419 g/mol. The number of nitrogens with one attached hydrogen (secondary N) is 2. The number of rotatable bonds is 4. The van der Waals surface area contributed by atoms with E-state index in [1.807, 2.05) is 53.2 Å². The first-order chi connectivity index (χ1) is 13.1. The fraction of sp³-hybridized carbons (Fsp3) is 0.300. The molecule has 0 unspecified atom stereocenters. The smallest absolute Gasteiger partial charge is 0.269 e. The van der Waals surface area contributed by atoms with Gasteiger partial charge in [-0.3, -0.25) is 10.2 Å². The van der Waals surface area contributed by atoms with E-state index < -0.39 is 0 Å². The van der Waals surface area contributed by atoms with Crippen LogP contribution in [-0.2, 0) is 7.05 Å². The lowest BCUT2D eigenvalue weighted by Gasteiger charge is -2.27. The summed E-state index contributed by atoms with van der Waals surface area (Å²) in [5.41, 5.74) is 5.30. The summed E-state index contributed by atoms with van der Waals surface area (Å²) in [6, 6.07) is 9.45. The number of carbonyl (C=O) groups is 1. The number of aromatic nitrogens is 2. The number of halogens is 2. The van der Waals surface area contributed by atoms with Crippen LogP contribution in [0.15, 0.2) is 42.7 Å². The van der Waals surface area contributed by atoms with Gasteiger partial charge in [0.15, 0.2) is 0 Å². The number of hydrogen-bond donors (Lipinski definition) is 2. The zero-order chi connectivity index (χ0) is 18.8. The van der Waals surface area contributed by atoms with Gasteiger partial charge in [-0.25, -0.2) is 9.99 Å². The van der Waals surface area contributed by atoms with E-state index >= 15 is 0 Å². The quantitative estimate of drug-likeness (QED) is 0.652. The third-order valence-electron chi connectivity index (χ3n) is 4.85. The Bertz CT molecular complexity index is 982. The summed E-state index contributed by atoms with van der Waals surface area (Å²) in [7, 11) is 1.93. The van der Waals surface area contributed by atoms with E-state index in [0.29, 0.717) is 16.4 Å². The third-order valence-corrected chi connectivity index (χ3v) is 5.09. The molecule has 0 bridgehead atoms. The number of carbonyl (C=O) groups excluding carboxylic acids is 1. The van der Waals surface area contributed by atoms with Crippen LogP contribution in [0.2, 0.25) is 5.02 Å². The van der Waals surface area contributed by atoms with Crippen molar-refractivity contribution in [3.05, 3.63) is 53.3 Å². The van der Waals surface area contributed by atoms with E-state index in [4.69, 9.17) is 11.6 Å². The molecular weight excluding hydrogens is 397 g/mol. The van der Waals surface area contributed by atoms with Crippen LogP contribution in [0, 0.1) is 0 Å². The van der Waals surface area contributed by atoms with Crippen LogP contribution in [0.4, 0.5) is 11.5 Å². The molecule has 1 aliphatic rings. The van der Waals surface area contributed by atoms with Crippen molar-refractivity contribution >= 4 is 52.3 Å². The molecule has 1 amide bonds. The summed E-state index contributed by atoms with van der Waals surface area (Å²) in [5.74, 6) is 0.577. The molecule has 6 nitrogen and oxygen atoms in total. The number of anilines is 2. The van der Waals surface area contributed by atoms with Gasteiger partial charge in [0.1, 0.15) is 5.82 Å². The summed E-state index contributed by atoms with van der Waals surface area (Å²) in [6.07, 6.45) is 7.02. The minimum Gasteiger partial charge on any atom is -0.350 e. The van der Waals surface area contributed by atoms with Crippen LogP contribution in [0.3, 0.4) is 0 Å². The summed E-state index contributed by atoms with van der Waals surface area (Å²) < 4.78 is 1.95. The van der Waals surface area contributed by atoms with Gasteiger partial charge in [-0.05, 0) is 37.1 Å². The molecule has 2 aromatic heterocycles. The van der Waals surface area contributed by atoms with Crippen LogP contribution >= 0.6 is 24.0 Å². The molecule has 0 saturated carbocycles. The van der Waals surface area contributed by atoms with E-state index in [1.165, 1.54) is 6.42 Å². The van der Waals surface area contributed by atoms with Gasteiger partial charge in [0.2, 0.25) is 0 Å².